The van der Waals surface area contributed by atoms with Crippen LogP contribution in [0.2, 0.25) is 0 Å². The van der Waals surface area contributed by atoms with Gasteiger partial charge in [-0.1, -0.05) is 18.2 Å². The van der Waals surface area contributed by atoms with Gasteiger partial charge in [-0.05, 0) is 18.6 Å². The third-order valence-electron chi connectivity index (χ3n) is 2.22. The molecule has 0 aliphatic carbocycles. The van der Waals surface area contributed by atoms with Gasteiger partial charge >= 0.3 is 0 Å². The molecule has 1 amide bonds. The van der Waals surface area contributed by atoms with E-state index in [0.717, 1.165) is 0 Å². The monoisotopic (exact) mass is 205 g/mol. The summed E-state index contributed by atoms with van der Waals surface area (Å²) in [5.74, 6) is -0.144. The van der Waals surface area contributed by atoms with E-state index in [-0.39, 0.29) is 11.7 Å². The van der Waals surface area contributed by atoms with Crippen LogP contribution in [0.5, 0.6) is 5.75 Å². The number of benzene rings is 1. The first-order chi connectivity index (χ1) is 7.07. The summed E-state index contributed by atoms with van der Waals surface area (Å²) >= 11 is 0. The van der Waals surface area contributed by atoms with Crippen molar-refractivity contribution in [1.82, 2.24) is 4.90 Å². The molecule has 1 aromatic carbocycles. The molecule has 0 saturated heterocycles. The zero-order chi connectivity index (χ0) is 11.4. The minimum absolute atomic E-state index is 0.0541. The Labute approximate surface area is 89.6 Å². The van der Waals surface area contributed by atoms with Gasteiger partial charge in [0.1, 0.15) is 5.75 Å². The molecular weight excluding hydrogens is 190 g/mol. The fraction of sp³-hybridized carbons (Fsp3) is 0.250. The smallest absolute Gasteiger partial charge is 0.257 e. The molecule has 0 bridgehead atoms. The first-order valence-electron chi connectivity index (χ1n) is 4.73. The van der Waals surface area contributed by atoms with E-state index < -0.39 is 0 Å². The molecule has 0 unspecified atom stereocenters. The number of phenols is 1. The second kappa shape index (κ2) is 4.64. The fourth-order valence-corrected chi connectivity index (χ4v) is 1.31. The predicted molar refractivity (Wildman–Crippen MR) is 60.0 cm³/mol. The molecule has 0 aromatic heterocycles. The van der Waals surface area contributed by atoms with Crippen molar-refractivity contribution in [3.8, 4) is 5.75 Å². The van der Waals surface area contributed by atoms with Gasteiger partial charge in [0.05, 0.1) is 5.56 Å². The van der Waals surface area contributed by atoms with Crippen molar-refractivity contribution in [2.24, 2.45) is 0 Å². The second-order valence-corrected chi connectivity index (χ2v) is 3.45. The minimum Gasteiger partial charge on any atom is -0.507 e. The van der Waals surface area contributed by atoms with Gasteiger partial charge in [0.15, 0.2) is 0 Å². The van der Waals surface area contributed by atoms with E-state index in [0.29, 0.717) is 17.7 Å². The number of para-hydroxylation sites is 1. The lowest BCUT2D eigenvalue weighted by molar-refractivity contribution is 0.0807. The van der Waals surface area contributed by atoms with Gasteiger partial charge in [-0.2, -0.15) is 0 Å². The van der Waals surface area contributed by atoms with Crippen LogP contribution in [0, 0.1) is 6.92 Å². The molecule has 80 valence electrons. The standard InChI is InChI=1S/C12H15NO2/c1-4-8-13(3)12(15)10-7-5-6-9(2)11(10)14/h4-7,14H,1,8H2,2-3H3. The number of amides is 1. The van der Waals surface area contributed by atoms with Crippen LogP contribution in [0.4, 0.5) is 0 Å². The molecule has 0 radical (unpaired) electrons. The van der Waals surface area contributed by atoms with Crippen LogP contribution in [0.15, 0.2) is 30.9 Å². The number of phenolic OH excluding ortho intramolecular Hbond substituents is 1. The summed E-state index contributed by atoms with van der Waals surface area (Å²) in [4.78, 5) is 13.3. The summed E-state index contributed by atoms with van der Waals surface area (Å²) < 4.78 is 0. The van der Waals surface area contributed by atoms with Crippen molar-refractivity contribution < 1.29 is 9.90 Å². The molecule has 1 rings (SSSR count). The SMILES string of the molecule is C=CCN(C)C(=O)c1cccc(C)c1O. The Balaban J connectivity index is 3.01. The van der Waals surface area contributed by atoms with Gasteiger partial charge in [0, 0.05) is 13.6 Å². The summed E-state index contributed by atoms with van der Waals surface area (Å²) in [6, 6.07) is 5.13. The molecule has 3 nitrogen and oxygen atoms in total. The number of hydrogen-bond acceptors (Lipinski definition) is 2. The van der Waals surface area contributed by atoms with E-state index in [1.54, 1.807) is 38.2 Å². The highest BCUT2D eigenvalue weighted by molar-refractivity contribution is 5.97. The van der Waals surface area contributed by atoms with Crippen molar-refractivity contribution in [2.45, 2.75) is 6.92 Å². The number of nitrogens with zero attached hydrogens (tertiary/aromatic N) is 1. The van der Waals surface area contributed by atoms with Gasteiger partial charge in [-0.25, -0.2) is 0 Å². The highest BCUT2D eigenvalue weighted by atomic mass is 16.3. The maximum absolute atomic E-state index is 11.8. The highest BCUT2D eigenvalue weighted by Gasteiger charge is 2.15. The molecule has 0 spiro atoms. The largest absolute Gasteiger partial charge is 0.507 e. The molecule has 0 saturated carbocycles. The lowest BCUT2D eigenvalue weighted by Crippen LogP contribution is -2.26. The number of likely N-dealkylation sites (N-methyl/N-ethyl adjacent to an activating group) is 1. The lowest BCUT2D eigenvalue weighted by atomic mass is 10.1. The van der Waals surface area contributed by atoms with Crippen molar-refractivity contribution >= 4 is 5.91 Å². The average molecular weight is 205 g/mol. The fourth-order valence-electron chi connectivity index (χ4n) is 1.31. The maximum atomic E-state index is 11.8. The number of rotatable bonds is 3. The molecule has 0 aliphatic heterocycles. The van der Waals surface area contributed by atoms with Crippen LogP contribution in [0.25, 0.3) is 0 Å². The van der Waals surface area contributed by atoms with Crippen molar-refractivity contribution in [3.05, 3.63) is 42.0 Å². The Morgan fingerprint density at radius 1 is 1.60 bits per heavy atom. The van der Waals surface area contributed by atoms with Crippen molar-refractivity contribution in [3.63, 3.8) is 0 Å². The Bertz CT molecular complexity index is 385. The number of carbonyl (C=O) groups is 1. The van der Waals surface area contributed by atoms with Crippen molar-refractivity contribution in [1.29, 1.82) is 0 Å². The van der Waals surface area contributed by atoms with Gasteiger partial charge in [0.2, 0.25) is 0 Å². The van der Waals surface area contributed by atoms with Crippen LogP contribution in [-0.2, 0) is 0 Å². The van der Waals surface area contributed by atoms with Crippen LogP contribution < -0.4 is 0 Å². The van der Waals surface area contributed by atoms with Gasteiger partial charge in [0.25, 0.3) is 5.91 Å². The molecule has 0 aliphatic rings. The molecule has 3 heteroatoms. The molecular formula is C12H15NO2. The van der Waals surface area contributed by atoms with Gasteiger partial charge in [-0.15, -0.1) is 6.58 Å². The van der Waals surface area contributed by atoms with Crippen LogP contribution in [-0.4, -0.2) is 29.5 Å². The summed E-state index contributed by atoms with van der Waals surface area (Å²) in [5.41, 5.74) is 1.03. The number of carbonyl (C=O) groups excluding carboxylic acids is 1. The average Bonchev–Trinajstić information content (AvgIpc) is 2.21. The maximum Gasteiger partial charge on any atom is 0.257 e. The van der Waals surface area contributed by atoms with Gasteiger partial charge in [-0.3, -0.25) is 4.79 Å². The molecule has 0 atom stereocenters. The molecule has 0 heterocycles. The Morgan fingerprint density at radius 2 is 2.27 bits per heavy atom. The van der Waals surface area contributed by atoms with E-state index >= 15 is 0 Å². The first kappa shape index (κ1) is 11.3. The summed E-state index contributed by atoms with van der Waals surface area (Å²) in [5, 5.41) is 9.71. The van der Waals surface area contributed by atoms with E-state index in [1.165, 1.54) is 4.90 Å². The normalized spacial score (nSPS) is 9.73. The zero-order valence-corrected chi connectivity index (χ0v) is 9.03. The van der Waals surface area contributed by atoms with E-state index in [9.17, 15) is 9.90 Å². The number of hydrogen-bond donors (Lipinski definition) is 1. The predicted octanol–water partition coefficient (Wildman–Crippen LogP) is 1.96. The van der Waals surface area contributed by atoms with Gasteiger partial charge < -0.3 is 10.0 Å². The summed E-state index contributed by atoms with van der Waals surface area (Å²) in [6.07, 6.45) is 1.64. The summed E-state index contributed by atoms with van der Waals surface area (Å²) in [6.45, 7) is 5.79. The van der Waals surface area contributed by atoms with E-state index in [1.807, 2.05) is 0 Å². The Hall–Kier alpha value is -1.77. The topological polar surface area (TPSA) is 40.5 Å². The Kier molecular flexibility index (Phi) is 3.50. The molecule has 0 fully saturated rings. The third-order valence-corrected chi connectivity index (χ3v) is 2.22. The first-order valence-corrected chi connectivity index (χ1v) is 4.73. The molecule has 1 N–H and O–H groups in total. The zero-order valence-electron chi connectivity index (χ0n) is 9.03. The summed E-state index contributed by atoms with van der Waals surface area (Å²) in [7, 11) is 1.67. The van der Waals surface area contributed by atoms with E-state index in [2.05, 4.69) is 6.58 Å². The van der Waals surface area contributed by atoms with Crippen LogP contribution >= 0.6 is 0 Å². The highest BCUT2D eigenvalue weighted by Crippen LogP contribution is 2.22. The van der Waals surface area contributed by atoms with E-state index in [4.69, 9.17) is 0 Å². The second-order valence-electron chi connectivity index (χ2n) is 3.45. The van der Waals surface area contributed by atoms with Crippen LogP contribution in [0.3, 0.4) is 0 Å². The minimum atomic E-state index is -0.198. The Morgan fingerprint density at radius 3 is 2.87 bits per heavy atom. The van der Waals surface area contributed by atoms with Crippen molar-refractivity contribution in [2.75, 3.05) is 13.6 Å². The lowest BCUT2D eigenvalue weighted by Gasteiger charge is -2.16. The number of aryl methyl sites for hydroxylation is 1. The van der Waals surface area contributed by atoms with Crippen LogP contribution in [0.1, 0.15) is 15.9 Å². The third kappa shape index (κ3) is 2.37. The quantitative estimate of drug-likeness (QED) is 0.766. The number of aromatic hydroxyl groups is 1. The molecule has 1 aromatic rings. The molecule has 15 heavy (non-hydrogen) atoms.